The maximum Gasteiger partial charge on any atom is 0.306 e. The maximum absolute atomic E-state index is 11.1. The molecule has 0 heterocycles. The Kier molecular flexibility index (Phi) is 8.43. The van der Waals surface area contributed by atoms with Crippen LogP contribution in [0.15, 0.2) is 12.7 Å². The lowest BCUT2D eigenvalue weighted by Gasteiger charge is -2.03. The van der Waals surface area contributed by atoms with Crippen molar-refractivity contribution in [2.45, 2.75) is 32.6 Å². The fraction of sp³-hybridized carbons (Fsp3) is 0.636. The molecular weight excluding hydrogens is 196 g/mol. The van der Waals surface area contributed by atoms with Crippen molar-refractivity contribution in [1.82, 2.24) is 0 Å². The molecule has 0 bridgehead atoms. The summed E-state index contributed by atoms with van der Waals surface area (Å²) in [6.45, 7) is 6.01. The Bertz CT molecular complexity index is 211. The van der Waals surface area contributed by atoms with Crippen LogP contribution in [0, 0.1) is 0 Å². The molecule has 0 amide bonds. The van der Waals surface area contributed by atoms with Gasteiger partial charge in [0.2, 0.25) is 0 Å². The van der Waals surface area contributed by atoms with Crippen molar-refractivity contribution in [3.8, 4) is 0 Å². The molecule has 15 heavy (non-hydrogen) atoms. The zero-order valence-corrected chi connectivity index (χ0v) is 9.16. The van der Waals surface area contributed by atoms with Crippen molar-refractivity contribution in [2.24, 2.45) is 0 Å². The molecule has 0 saturated heterocycles. The molecule has 4 nitrogen and oxygen atoms in total. The van der Waals surface area contributed by atoms with Crippen LogP contribution in [0.4, 0.5) is 0 Å². The highest BCUT2D eigenvalue weighted by Gasteiger charge is 2.07. The molecule has 4 heteroatoms. The van der Waals surface area contributed by atoms with Crippen LogP contribution in [0.3, 0.4) is 0 Å². The molecule has 0 saturated carbocycles. The first-order valence-corrected chi connectivity index (χ1v) is 5.12. The number of unbranched alkanes of at least 4 members (excludes halogenated alkanes) is 1. The zero-order chi connectivity index (χ0) is 11.5. The molecule has 86 valence electrons. The van der Waals surface area contributed by atoms with Crippen molar-refractivity contribution in [3.63, 3.8) is 0 Å². The first kappa shape index (κ1) is 13.7. The number of carbonyl (C=O) groups excluding carboxylic acids is 2. The lowest BCUT2D eigenvalue weighted by atomic mass is 10.3. The van der Waals surface area contributed by atoms with Crippen molar-refractivity contribution >= 4 is 11.9 Å². The van der Waals surface area contributed by atoms with Crippen LogP contribution >= 0.6 is 0 Å². The Morgan fingerprint density at radius 1 is 1.20 bits per heavy atom. The molecular formula is C11H18O4. The number of rotatable bonds is 8. The quantitative estimate of drug-likeness (QED) is 0.351. The van der Waals surface area contributed by atoms with Gasteiger partial charge in [-0.25, -0.2) is 0 Å². The van der Waals surface area contributed by atoms with Crippen molar-refractivity contribution < 1.29 is 19.1 Å². The predicted octanol–water partition coefficient (Wildman–Crippen LogP) is 1.84. The van der Waals surface area contributed by atoms with E-state index in [9.17, 15) is 9.59 Å². The third-order valence-electron chi connectivity index (χ3n) is 1.65. The SMILES string of the molecule is C=CCCCOC(=O)CCC(=O)OCC. The standard InChI is InChI=1S/C11H18O4/c1-3-5-6-9-15-11(13)8-7-10(12)14-4-2/h3H,1,4-9H2,2H3. The van der Waals surface area contributed by atoms with Gasteiger partial charge in [0.15, 0.2) is 0 Å². The van der Waals surface area contributed by atoms with Crippen LogP contribution in [0.2, 0.25) is 0 Å². The van der Waals surface area contributed by atoms with Crippen LogP contribution in [0.1, 0.15) is 32.6 Å². The average Bonchev–Trinajstić information content (AvgIpc) is 2.22. The zero-order valence-electron chi connectivity index (χ0n) is 9.16. The Labute approximate surface area is 90.2 Å². The summed E-state index contributed by atoms with van der Waals surface area (Å²) in [5, 5.41) is 0. The van der Waals surface area contributed by atoms with Crippen molar-refractivity contribution in [1.29, 1.82) is 0 Å². The van der Waals surface area contributed by atoms with E-state index in [0.29, 0.717) is 13.2 Å². The summed E-state index contributed by atoms with van der Waals surface area (Å²) in [6.07, 6.45) is 3.55. The van der Waals surface area contributed by atoms with Gasteiger partial charge in [-0.3, -0.25) is 9.59 Å². The van der Waals surface area contributed by atoms with E-state index in [1.165, 1.54) is 0 Å². The highest BCUT2D eigenvalue weighted by atomic mass is 16.5. The summed E-state index contributed by atoms with van der Waals surface area (Å²) >= 11 is 0. The Morgan fingerprint density at radius 2 is 1.80 bits per heavy atom. The topological polar surface area (TPSA) is 52.6 Å². The number of ether oxygens (including phenoxy) is 2. The average molecular weight is 214 g/mol. The highest BCUT2D eigenvalue weighted by molar-refractivity contribution is 5.77. The predicted molar refractivity (Wildman–Crippen MR) is 56.3 cm³/mol. The lowest BCUT2D eigenvalue weighted by Crippen LogP contribution is -2.10. The first-order chi connectivity index (χ1) is 7.20. The van der Waals surface area contributed by atoms with E-state index in [-0.39, 0.29) is 24.8 Å². The Morgan fingerprint density at radius 3 is 2.33 bits per heavy atom. The van der Waals surface area contributed by atoms with Gasteiger partial charge in [-0.1, -0.05) is 6.08 Å². The Balaban J connectivity index is 3.40. The number of hydrogen-bond acceptors (Lipinski definition) is 4. The molecule has 0 aliphatic carbocycles. The molecule has 0 N–H and O–H groups in total. The van der Waals surface area contributed by atoms with E-state index in [0.717, 1.165) is 12.8 Å². The molecule has 0 spiro atoms. The summed E-state index contributed by atoms with van der Waals surface area (Å²) in [5.74, 6) is -0.715. The number of hydrogen-bond donors (Lipinski definition) is 0. The van der Waals surface area contributed by atoms with Gasteiger partial charge in [0.25, 0.3) is 0 Å². The van der Waals surface area contributed by atoms with Crippen molar-refractivity contribution in [3.05, 3.63) is 12.7 Å². The van der Waals surface area contributed by atoms with Crippen LogP contribution in [0.25, 0.3) is 0 Å². The second-order valence-electron chi connectivity index (χ2n) is 2.96. The summed E-state index contributed by atoms with van der Waals surface area (Å²) in [7, 11) is 0. The van der Waals surface area contributed by atoms with Crippen LogP contribution < -0.4 is 0 Å². The first-order valence-electron chi connectivity index (χ1n) is 5.12. The van der Waals surface area contributed by atoms with E-state index in [1.54, 1.807) is 13.0 Å². The molecule has 0 unspecified atom stereocenters. The van der Waals surface area contributed by atoms with Crippen molar-refractivity contribution in [2.75, 3.05) is 13.2 Å². The minimum Gasteiger partial charge on any atom is -0.466 e. The second-order valence-corrected chi connectivity index (χ2v) is 2.96. The van der Waals surface area contributed by atoms with E-state index < -0.39 is 0 Å². The van der Waals surface area contributed by atoms with Gasteiger partial charge >= 0.3 is 11.9 Å². The van der Waals surface area contributed by atoms with E-state index >= 15 is 0 Å². The molecule has 0 aromatic rings. The van der Waals surface area contributed by atoms with Gasteiger partial charge in [-0.2, -0.15) is 0 Å². The minimum absolute atomic E-state index is 0.0902. The fourth-order valence-corrected chi connectivity index (χ4v) is 0.923. The smallest absolute Gasteiger partial charge is 0.306 e. The van der Waals surface area contributed by atoms with Crippen LogP contribution in [-0.2, 0) is 19.1 Å². The largest absolute Gasteiger partial charge is 0.466 e. The van der Waals surface area contributed by atoms with Crippen LogP contribution in [-0.4, -0.2) is 25.2 Å². The number of allylic oxidation sites excluding steroid dienone is 1. The normalized spacial score (nSPS) is 9.40. The minimum atomic E-state index is -0.361. The van der Waals surface area contributed by atoms with Gasteiger partial charge in [-0.05, 0) is 19.8 Å². The molecule has 0 atom stereocenters. The molecule has 0 aliphatic rings. The molecule has 0 aromatic carbocycles. The highest BCUT2D eigenvalue weighted by Crippen LogP contribution is 1.98. The molecule has 0 fully saturated rings. The number of carbonyl (C=O) groups is 2. The molecule has 0 radical (unpaired) electrons. The van der Waals surface area contributed by atoms with Gasteiger partial charge < -0.3 is 9.47 Å². The third-order valence-corrected chi connectivity index (χ3v) is 1.65. The second kappa shape index (κ2) is 9.24. The van der Waals surface area contributed by atoms with Crippen LogP contribution in [0.5, 0.6) is 0 Å². The van der Waals surface area contributed by atoms with Gasteiger partial charge in [0.05, 0.1) is 26.1 Å². The molecule has 0 aliphatic heterocycles. The van der Waals surface area contributed by atoms with E-state index in [2.05, 4.69) is 11.3 Å². The van der Waals surface area contributed by atoms with Gasteiger partial charge in [0.1, 0.15) is 0 Å². The monoisotopic (exact) mass is 214 g/mol. The summed E-state index contributed by atoms with van der Waals surface area (Å²) in [4.78, 5) is 21.9. The fourth-order valence-electron chi connectivity index (χ4n) is 0.923. The molecule has 0 rings (SSSR count). The van der Waals surface area contributed by atoms with Gasteiger partial charge in [-0.15, -0.1) is 6.58 Å². The summed E-state index contributed by atoms with van der Waals surface area (Å²) < 4.78 is 9.55. The van der Waals surface area contributed by atoms with E-state index in [4.69, 9.17) is 4.74 Å². The summed E-state index contributed by atoms with van der Waals surface area (Å²) in [6, 6.07) is 0. The maximum atomic E-state index is 11.1. The lowest BCUT2D eigenvalue weighted by molar-refractivity contribution is -0.150. The third kappa shape index (κ3) is 9.00. The summed E-state index contributed by atoms with van der Waals surface area (Å²) in [5.41, 5.74) is 0. The molecule has 0 aromatic heterocycles. The Hall–Kier alpha value is -1.32. The number of esters is 2. The van der Waals surface area contributed by atoms with E-state index in [1.807, 2.05) is 0 Å². The van der Waals surface area contributed by atoms with Gasteiger partial charge in [0, 0.05) is 0 Å².